The zero-order valence-corrected chi connectivity index (χ0v) is 14.4. The molecule has 1 aromatic rings. The monoisotopic (exact) mass is 355 g/mol. The SMILES string of the molecule is COC(=O)C1C2=C(CCCC2=O)OC12C(=O)N(C(C)=O)c1ccccc12. The van der Waals surface area contributed by atoms with E-state index in [1.807, 2.05) is 0 Å². The van der Waals surface area contributed by atoms with E-state index in [4.69, 9.17) is 9.47 Å². The summed E-state index contributed by atoms with van der Waals surface area (Å²) in [4.78, 5) is 51.7. The number of imide groups is 1. The number of ketones is 1. The van der Waals surface area contributed by atoms with Crippen LogP contribution in [0.25, 0.3) is 0 Å². The van der Waals surface area contributed by atoms with Crippen LogP contribution < -0.4 is 4.90 Å². The molecule has 1 spiro atoms. The molecule has 0 N–H and O–H groups in total. The maximum absolute atomic E-state index is 13.3. The number of methoxy groups -OCH3 is 1. The van der Waals surface area contributed by atoms with Crippen molar-refractivity contribution in [1.82, 2.24) is 0 Å². The largest absolute Gasteiger partial charge is 0.475 e. The predicted molar refractivity (Wildman–Crippen MR) is 88.8 cm³/mol. The topological polar surface area (TPSA) is 90.0 Å². The third-order valence-corrected chi connectivity index (χ3v) is 5.21. The molecule has 7 heteroatoms. The fourth-order valence-electron chi connectivity index (χ4n) is 4.18. The number of para-hydroxylation sites is 1. The third-order valence-electron chi connectivity index (χ3n) is 5.21. The van der Waals surface area contributed by atoms with E-state index in [2.05, 4.69) is 0 Å². The molecular formula is C19H17NO6. The lowest BCUT2D eigenvalue weighted by molar-refractivity contribution is -0.159. The van der Waals surface area contributed by atoms with Gasteiger partial charge in [0.2, 0.25) is 11.5 Å². The molecule has 0 bridgehead atoms. The Hall–Kier alpha value is -2.96. The van der Waals surface area contributed by atoms with E-state index in [1.165, 1.54) is 14.0 Å². The lowest BCUT2D eigenvalue weighted by Crippen LogP contribution is -2.49. The molecule has 2 unspecified atom stereocenters. The van der Waals surface area contributed by atoms with E-state index in [-0.39, 0.29) is 17.8 Å². The van der Waals surface area contributed by atoms with E-state index in [0.717, 1.165) is 4.90 Å². The van der Waals surface area contributed by atoms with Crippen molar-refractivity contribution in [2.24, 2.45) is 5.92 Å². The van der Waals surface area contributed by atoms with Gasteiger partial charge in [-0.3, -0.25) is 19.2 Å². The molecule has 2 aliphatic heterocycles. The Bertz CT molecular complexity index is 901. The van der Waals surface area contributed by atoms with Gasteiger partial charge in [0.25, 0.3) is 5.91 Å². The van der Waals surface area contributed by atoms with E-state index in [0.29, 0.717) is 29.9 Å². The van der Waals surface area contributed by atoms with Crippen LogP contribution in [0.3, 0.4) is 0 Å². The molecule has 0 saturated carbocycles. The number of allylic oxidation sites excluding steroid dienone is 1. The minimum Gasteiger partial charge on any atom is -0.475 e. The number of carbonyl (C=O) groups excluding carboxylic acids is 4. The molecule has 134 valence electrons. The van der Waals surface area contributed by atoms with Gasteiger partial charge >= 0.3 is 5.97 Å². The van der Waals surface area contributed by atoms with Gasteiger partial charge in [-0.1, -0.05) is 18.2 Å². The Morgan fingerprint density at radius 2 is 1.96 bits per heavy atom. The van der Waals surface area contributed by atoms with Gasteiger partial charge < -0.3 is 9.47 Å². The van der Waals surface area contributed by atoms with E-state index in [9.17, 15) is 19.2 Å². The van der Waals surface area contributed by atoms with Crippen LogP contribution in [0, 0.1) is 5.92 Å². The van der Waals surface area contributed by atoms with E-state index < -0.39 is 29.3 Å². The van der Waals surface area contributed by atoms with Crippen molar-refractivity contribution in [1.29, 1.82) is 0 Å². The molecule has 4 rings (SSSR count). The van der Waals surface area contributed by atoms with Crippen LogP contribution >= 0.6 is 0 Å². The average Bonchev–Trinajstić information content (AvgIpc) is 3.10. The summed E-state index contributed by atoms with van der Waals surface area (Å²) in [5, 5.41) is 0. The van der Waals surface area contributed by atoms with Gasteiger partial charge in [0.05, 0.1) is 18.4 Å². The first-order chi connectivity index (χ1) is 12.4. The molecule has 3 aliphatic rings. The molecule has 1 aliphatic carbocycles. The molecule has 0 radical (unpaired) electrons. The fourth-order valence-corrected chi connectivity index (χ4v) is 4.18. The molecule has 26 heavy (non-hydrogen) atoms. The van der Waals surface area contributed by atoms with Crippen molar-refractivity contribution < 1.29 is 28.7 Å². The third kappa shape index (κ3) is 1.88. The van der Waals surface area contributed by atoms with Gasteiger partial charge in [-0.2, -0.15) is 0 Å². The van der Waals surface area contributed by atoms with Crippen LogP contribution in [0.5, 0.6) is 0 Å². The number of benzene rings is 1. The molecule has 0 saturated heterocycles. The summed E-state index contributed by atoms with van der Waals surface area (Å²) in [6, 6.07) is 6.67. The number of ether oxygens (including phenoxy) is 2. The van der Waals surface area contributed by atoms with Crippen molar-refractivity contribution in [2.45, 2.75) is 31.8 Å². The second-order valence-corrected chi connectivity index (χ2v) is 6.58. The average molecular weight is 355 g/mol. The van der Waals surface area contributed by atoms with Gasteiger partial charge in [-0.15, -0.1) is 0 Å². The van der Waals surface area contributed by atoms with E-state index >= 15 is 0 Å². The van der Waals surface area contributed by atoms with Gasteiger partial charge in [-0.05, 0) is 12.5 Å². The van der Waals surface area contributed by atoms with Crippen LogP contribution in [0.1, 0.15) is 31.7 Å². The van der Waals surface area contributed by atoms with Crippen LogP contribution in [-0.4, -0.2) is 30.7 Å². The van der Waals surface area contributed by atoms with Crippen molar-refractivity contribution in [3.05, 3.63) is 41.2 Å². The fraction of sp³-hybridized carbons (Fsp3) is 0.368. The van der Waals surface area contributed by atoms with Crippen molar-refractivity contribution in [3.63, 3.8) is 0 Å². The summed E-state index contributed by atoms with van der Waals surface area (Å²) >= 11 is 0. The summed E-state index contributed by atoms with van der Waals surface area (Å²) in [5.74, 6) is -2.95. The zero-order chi connectivity index (χ0) is 18.6. The zero-order valence-electron chi connectivity index (χ0n) is 14.4. The highest BCUT2D eigenvalue weighted by molar-refractivity contribution is 6.24. The summed E-state index contributed by atoms with van der Waals surface area (Å²) in [7, 11) is 1.20. The minimum absolute atomic E-state index is 0.205. The molecule has 2 amide bonds. The molecule has 2 heterocycles. The first-order valence-electron chi connectivity index (χ1n) is 8.41. The molecule has 7 nitrogen and oxygen atoms in total. The number of anilines is 1. The van der Waals surface area contributed by atoms with E-state index in [1.54, 1.807) is 24.3 Å². The van der Waals surface area contributed by atoms with Gasteiger partial charge in [0, 0.05) is 25.3 Å². The van der Waals surface area contributed by atoms with Gasteiger partial charge in [-0.25, -0.2) is 4.90 Å². The molecule has 1 aromatic carbocycles. The smallest absolute Gasteiger partial charge is 0.318 e. The summed E-state index contributed by atoms with van der Waals surface area (Å²) in [5.41, 5.74) is -0.791. The number of esters is 1. The number of fused-ring (bicyclic) bond motifs is 2. The van der Waals surface area contributed by atoms with Gasteiger partial charge in [0.1, 0.15) is 11.7 Å². The maximum Gasteiger partial charge on any atom is 0.318 e. The number of hydrogen-bond donors (Lipinski definition) is 0. The Labute approximate surface area is 149 Å². The number of nitrogens with zero attached hydrogens (tertiary/aromatic N) is 1. The lowest BCUT2D eigenvalue weighted by atomic mass is 9.76. The summed E-state index contributed by atoms with van der Waals surface area (Å²) < 4.78 is 11.0. The number of amides is 2. The Balaban J connectivity index is 1.98. The summed E-state index contributed by atoms with van der Waals surface area (Å²) in [6.45, 7) is 1.27. The summed E-state index contributed by atoms with van der Waals surface area (Å²) in [6.07, 6.45) is 1.35. The Morgan fingerprint density at radius 3 is 2.65 bits per heavy atom. The predicted octanol–water partition coefficient (Wildman–Crippen LogP) is 1.60. The van der Waals surface area contributed by atoms with Crippen molar-refractivity contribution >= 4 is 29.3 Å². The van der Waals surface area contributed by atoms with Crippen molar-refractivity contribution in [3.8, 4) is 0 Å². The standard InChI is InChI=1S/C19H17NO6/c1-10(21)20-12-7-4-3-6-11(12)19(18(20)24)16(17(23)25-2)15-13(22)8-5-9-14(15)26-19/h3-4,6-7,16H,5,8-9H2,1-2H3. The first-order valence-corrected chi connectivity index (χ1v) is 8.41. The highest BCUT2D eigenvalue weighted by atomic mass is 16.5. The van der Waals surface area contributed by atoms with Crippen LogP contribution in [0.4, 0.5) is 5.69 Å². The lowest BCUT2D eigenvalue weighted by Gasteiger charge is -2.29. The number of carbonyl (C=O) groups is 4. The number of Topliss-reactive ketones (excluding diaryl/α,β-unsaturated/α-hetero) is 1. The number of hydrogen-bond acceptors (Lipinski definition) is 6. The second-order valence-electron chi connectivity index (χ2n) is 6.58. The molecule has 0 fully saturated rings. The molecular weight excluding hydrogens is 338 g/mol. The second kappa shape index (κ2) is 5.52. The minimum atomic E-state index is -1.76. The molecule has 0 aromatic heterocycles. The maximum atomic E-state index is 13.3. The molecule has 2 atom stereocenters. The van der Waals surface area contributed by atoms with Gasteiger partial charge in [0.15, 0.2) is 5.78 Å². The normalized spacial score (nSPS) is 26.7. The highest BCUT2D eigenvalue weighted by Gasteiger charge is 2.67. The Kier molecular flexibility index (Phi) is 3.50. The quantitative estimate of drug-likeness (QED) is 0.711. The van der Waals surface area contributed by atoms with Crippen LogP contribution in [-0.2, 0) is 34.3 Å². The van der Waals surface area contributed by atoms with Crippen LogP contribution in [0.15, 0.2) is 35.6 Å². The Morgan fingerprint density at radius 1 is 1.23 bits per heavy atom. The van der Waals surface area contributed by atoms with Crippen LogP contribution in [0.2, 0.25) is 0 Å². The first kappa shape index (κ1) is 16.5. The highest BCUT2D eigenvalue weighted by Crippen LogP contribution is 2.56. The number of rotatable bonds is 1. The van der Waals surface area contributed by atoms with Crippen molar-refractivity contribution in [2.75, 3.05) is 12.0 Å².